The Kier molecular flexibility index (Phi) is 4.12. The van der Waals surface area contributed by atoms with E-state index in [-0.39, 0.29) is 18.0 Å². The summed E-state index contributed by atoms with van der Waals surface area (Å²) in [6.07, 6.45) is 3.11. The molecule has 2 N–H and O–H groups in total. The normalized spacial score (nSPS) is 22.9. The summed E-state index contributed by atoms with van der Waals surface area (Å²) in [6, 6.07) is 0.130. The Morgan fingerprint density at radius 3 is 3.12 bits per heavy atom. The highest BCUT2D eigenvalue weighted by Gasteiger charge is 2.23. The summed E-state index contributed by atoms with van der Waals surface area (Å²) in [5.74, 6) is 0.136. The van der Waals surface area contributed by atoms with Crippen LogP contribution in [0, 0.1) is 6.92 Å². The number of aromatic nitrogens is 1. The molecule has 1 aliphatic rings. The van der Waals surface area contributed by atoms with Crippen LogP contribution in [0.2, 0.25) is 0 Å². The predicted octanol–water partition coefficient (Wildman–Crippen LogP) is 1.77. The molecule has 1 fully saturated rings. The molecule has 2 atom stereocenters. The van der Waals surface area contributed by atoms with Crippen LogP contribution in [-0.4, -0.2) is 23.5 Å². The maximum Gasteiger partial charge on any atom is 0.237 e. The number of hydrogen-bond donors (Lipinski definition) is 2. The molecule has 4 nitrogen and oxygen atoms in total. The minimum atomic E-state index is -0.0611. The molecule has 2 heterocycles. The van der Waals surface area contributed by atoms with Gasteiger partial charge in [-0.1, -0.05) is 0 Å². The first kappa shape index (κ1) is 12.5. The van der Waals surface area contributed by atoms with Gasteiger partial charge in [-0.15, -0.1) is 11.3 Å². The zero-order chi connectivity index (χ0) is 12.3. The van der Waals surface area contributed by atoms with Gasteiger partial charge in [-0.25, -0.2) is 4.98 Å². The average Bonchev–Trinajstić information content (AvgIpc) is 2.63. The summed E-state index contributed by atoms with van der Waals surface area (Å²) >= 11 is 1.65. The molecule has 0 aromatic carbocycles. The Morgan fingerprint density at radius 2 is 2.41 bits per heavy atom. The quantitative estimate of drug-likeness (QED) is 0.863. The molecule has 1 aliphatic heterocycles. The van der Waals surface area contributed by atoms with Crippen molar-refractivity contribution >= 4 is 17.2 Å². The number of nitrogens with one attached hydrogen (secondary N) is 2. The lowest BCUT2D eigenvalue weighted by Crippen LogP contribution is -2.43. The largest absolute Gasteiger partial charge is 0.355 e. The van der Waals surface area contributed by atoms with E-state index >= 15 is 0 Å². The van der Waals surface area contributed by atoms with Crippen molar-refractivity contribution in [3.63, 3.8) is 0 Å². The van der Waals surface area contributed by atoms with Crippen molar-refractivity contribution in [2.45, 2.75) is 45.2 Å². The topological polar surface area (TPSA) is 54.0 Å². The Hall–Kier alpha value is -0.940. The van der Waals surface area contributed by atoms with Crippen molar-refractivity contribution in [1.29, 1.82) is 0 Å². The van der Waals surface area contributed by atoms with Gasteiger partial charge in [-0.05, 0) is 33.1 Å². The molecule has 0 aliphatic carbocycles. The molecule has 0 spiro atoms. The maximum absolute atomic E-state index is 11.8. The summed E-state index contributed by atoms with van der Waals surface area (Å²) in [6.45, 7) is 4.92. The Balaban J connectivity index is 2.00. The van der Waals surface area contributed by atoms with Crippen molar-refractivity contribution in [3.8, 4) is 0 Å². The summed E-state index contributed by atoms with van der Waals surface area (Å²) in [4.78, 5) is 17.3. The number of nitrogens with zero attached hydrogens (tertiary/aromatic N) is 1. The molecule has 1 saturated heterocycles. The monoisotopic (exact) mass is 253 g/mol. The molecule has 0 saturated carbocycles. The van der Waals surface area contributed by atoms with Crippen LogP contribution in [0.25, 0.3) is 0 Å². The summed E-state index contributed by atoms with van der Waals surface area (Å²) < 4.78 is 0. The van der Waals surface area contributed by atoms with Crippen LogP contribution in [-0.2, 0) is 4.79 Å². The van der Waals surface area contributed by atoms with Crippen LogP contribution in [0.5, 0.6) is 0 Å². The van der Waals surface area contributed by atoms with Crippen molar-refractivity contribution in [2.24, 2.45) is 0 Å². The summed E-state index contributed by atoms with van der Waals surface area (Å²) in [5.41, 5.74) is 2.92. The lowest BCUT2D eigenvalue weighted by molar-refractivity contribution is -0.123. The van der Waals surface area contributed by atoms with E-state index in [1.54, 1.807) is 11.3 Å². The highest BCUT2D eigenvalue weighted by atomic mass is 32.1. The van der Waals surface area contributed by atoms with E-state index in [1.807, 2.05) is 12.4 Å². The standard InChI is InChI=1S/C12H19N3OS/c1-8-11(17-7-14-8)9(2)15-10-5-3-4-6-13-12(10)16/h7,9-10,15H,3-6H2,1-2H3,(H,13,16). The molecule has 1 amide bonds. The first-order valence-corrected chi connectivity index (χ1v) is 7.00. The highest BCUT2D eigenvalue weighted by Crippen LogP contribution is 2.22. The van der Waals surface area contributed by atoms with Crippen molar-refractivity contribution < 1.29 is 4.79 Å². The number of amides is 1. The number of carbonyl (C=O) groups is 1. The number of rotatable bonds is 3. The number of aryl methyl sites for hydroxylation is 1. The molecule has 0 bridgehead atoms. The average molecular weight is 253 g/mol. The molecule has 1 aromatic rings. The summed E-state index contributed by atoms with van der Waals surface area (Å²) in [7, 11) is 0. The van der Waals surface area contributed by atoms with Gasteiger partial charge in [-0.3, -0.25) is 10.1 Å². The zero-order valence-electron chi connectivity index (χ0n) is 10.3. The molecule has 5 heteroatoms. The SMILES string of the molecule is Cc1ncsc1C(C)NC1CCCCNC1=O. The second-order valence-electron chi connectivity index (χ2n) is 4.53. The fourth-order valence-corrected chi connectivity index (χ4v) is 3.02. The van der Waals surface area contributed by atoms with Crippen molar-refractivity contribution in [3.05, 3.63) is 16.1 Å². The minimum Gasteiger partial charge on any atom is -0.355 e. The Bertz CT molecular complexity index is 391. The third-order valence-corrected chi connectivity index (χ3v) is 4.28. The van der Waals surface area contributed by atoms with Gasteiger partial charge in [0.1, 0.15) is 0 Å². The molecular weight excluding hydrogens is 234 g/mol. The van der Waals surface area contributed by atoms with Crippen LogP contribution in [0.1, 0.15) is 42.8 Å². The molecule has 1 aromatic heterocycles. The van der Waals surface area contributed by atoms with Crippen LogP contribution < -0.4 is 10.6 Å². The van der Waals surface area contributed by atoms with Gasteiger partial charge in [0.15, 0.2) is 0 Å². The van der Waals surface area contributed by atoms with Crippen LogP contribution in [0.15, 0.2) is 5.51 Å². The first-order valence-electron chi connectivity index (χ1n) is 6.12. The maximum atomic E-state index is 11.8. The molecule has 2 rings (SSSR count). The lowest BCUT2D eigenvalue weighted by atomic mass is 10.1. The van der Waals surface area contributed by atoms with Gasteiger partial charge >= 0.3 is 0 Å². The second kappa shape index (κ2) is 5.60. The van der Waals surface area contributed by atoms with E-state index in [4.69, 9.17) is 0 Å². The van der Waals surface area contributed by atoms with E-state index < -0.39 is 0 Å². The van der Waals surface area contributed by atoms with E-state index in [0.717, 1.165) is 31.5 Å². The Morgan fingerprint density at radius 1 is 1.59 bits per heavy atom. The van der Waals surface area contributed by atoms with Gasteiger partial charge < -0.3 is 5.32 Å². The minimum absolute atomic E-state index is 0.0611. The molecular formula is C12H19N3OS. The number of carbonyl (C=O) groups excluding carboxylic acids is 1. The van der Waals surface area contributed by atoms with E-state index in [1.165, 1.54) is 4.88 Å². The lowest BCUT2D eigenvalue weighted by Gasteiger charge is -2.20. The van der Waals surface area contributed by atoms with Gasteiger partial charge in [-0.2, -0.15) is 0 Å². The molecule has 2 unspecified atom stereocenters. The van der Waals surface area contributed by atoms with Crippen LogP contribution >= 0.6 is 11.3 Å². The van der Waals surface area contributed by atoms with Gasteiger partial charge in [0.2, 0.25) is 5.91 Å². The fraction of sp³-hybridized carbons (Fsp3) is 0.667. The van der Waals surface area contributed by atoms with E-state index in [9.17, 15) is 4.79 Å². The summed E-state index contributed by atoms with van der Waals surface area (Å²) in [5, 5.41) is 6.36. The second-order valence-corrected chi connectivity index (χ2v) is 5.42. The smallest absolute Gasteiger partial charge is 0.237 e. The van der Waals surface area contributed by atoms with E-state index in [2.05, 4.69) is 22.5 Å². The van der Waals surface area contributed by atoms with Crippen LogP contribution in [0.3, 0.4) is 0 Å². The zero-order valence-corrected chi connectivity index (χ0v) is 11.1. The van der Waals surface area contributed by atoms with Crippen molar-refractivity contribution in [1.82, 2.24) is 15.6 Å². The third kappa shape index (κ3) is 3.04. The first-order chi connectivity index (χ1) is 8.18. The molecule has 0 radical (unpaired) electrons. The highest BCUT2D eigenvalue weighted by molar-refractivity contribution is 7.09. The molecule has 94 valence electrons. The Labute approximate surface area is 106 Å². The van der Waals surface area contributed by atoms with Crippen LogP contribution in [0.4, 0.5) is 0 Å². The predicted molar refractivity (Wildman–Crippen MR) is 69.1 cm³/mol. The third-order valence-electron chi connectivity index (χ3n) is 3.16. The van der Waals surface area contributed by atoms with E-state index in [0.29, 0.717) is 0 Å². The van der Waals surface area contributed by atoms with Gasteiger partial charge in [0.25, 0.3) is 0 Å². The number of thiazole rings is 1. The van der Waals surface area contributed by atoms with Gasteiger partial charge in [0.05, 0.1) is 17.2 Å². The number of hydrogen-bond acceptors (Lipinski definition) is 4. The fourth-order valence-electron chi connectivity index (χ4n) is 2.20. The van der Waals surface area contributed by atoms with Crippen molar-refractivity contribution in [2.75, 3.05) is 6.54 Å². The van der Waals surface area contributed by atoms with Gasteiger partial charge in [0, 0.05) is 17.5 Å². The molecule has 17 heavy (non-hydrogen) atoms.